The van der Waals surface area contributed by atoms with E-state index in [9.17, 15) is 9.59 Å². The van der Waals surface area contributed by atoms with Crippen molar-refractivity contribution >= 4 is 11.6 Å². The maximum absolute atomic E-state index is 11.8. The summed E-state index contributed by atoms with van der Waals surface area (Å²) < 4.78 is 0. The first kappa shape index (κ1) is 11.2. The van der Waals surface area contributed by atoms with Gasteiger partial charge < -0.3 is 0 Å². The molecule has 1 rings (SSSR count). The Labute approximate surface area is 85.4 Å². The minimum absolute atomic E-state index is 0.226. The third kappa shape index (κ3) is 2.53. The monoisotopic (exact) mass is 194 g/mol. The van der Waals surface area contributed by atoms with Gasteiger partial charge in [0.05, 0.1) is 0 Å². The molecule has 0 bridgehead atoms. The molecule has 0 saturated heterocycles. The lowest BCUT2D eigenvalue weighted by Gasteiger charge is -2.26. The van der Waals surface area contributed by atoms with E-state index in [0.717, 1.165) is 12.0 Å². The number of Topliss-reactive ketones (excluding diaryl/α,β-unsaturated/α-hetero) is 2. The van der Waals surface area contributed by atoms with Gasteiger partial charge in [0, 0.05) is 24.7 Å². The topological polar surface area (TPSA) is 34.1 Å². The molecule has 2 nitrogen and oxygen atoms in total. The van der Waals surface area contributed by atoms with Crippen molar-refractivity contribution in [1.82, 2.24) is 0 Å². The van der Waals surface area contributed by atoms with E-state index in [1.165, 1.54) is 0 Å². The van der Waals surface area contributed by atoms with E-state index < -0.39 is 0 Å². The number of ketones is 2. The summed E-state index contributed by atoms with van der Waals surface area (Å²) >= 11 is 0. The largest absolute Gasteiger partial charge is 0.300 e. The maximum atomic E-state index is 11.8. The summed E-state index contributed by atoms with van der Waals surface area (Å²) in [6, 6.07) is 0. The second-order valence-corrected chi connectivity index (χ2v) is 4.66. The third-order valence-corrected chi connectivity index (χ3v) is 2.95. The summed E-state index contributed by atoms with van der Waals surface area (Å²) in [5.41, 5.74) is 0.688. The molecule has 0 radical (unpaired) electrons. The zero-order chi connectivity index (χ0) is 10.8. The van der Waals surface area contributed by atoms with Gasteiger partial charge in [-0.15, -0.1) is 6.58 Å². The second-order valence-electron chi connectivity index (χ2n) is 4.66. The first-order chi connectivity index (χ1) is 6.44. The van der Waals surface area contributed by atoms with E-state index in [1.807, 2.05) is 13.8 Å². The average Bonchev–Trinajstić information content (AvgIpc) is 2.18. The lowest BCUT2D eigenvalue weighted by atomic mass is 9.76. The van der Waals surface area contributed by atoms with Crippen LogP contribution in [0.3, 0.4) is 0 Å². The molecule has 0 aromatic rings. The highest BCUT2D eigenvalue weighted by Crippen LogP contribution is 2.35. The minimum Gasteiger partial charge on any atom is -0.300 e. The summed E-state index contributed by atoms with van der Waals surface area (Å²) in [5, 5.41) is 0. The highest BCUT2D eigenvalue weighted by Gasteiger charge is 2.35. The number of hydrogen-bond donors (Lipinski definition) is 0. The van der Waals surface area contributed by atoms with Crippen LogP contribution in [-0.4, -0.2) is 11.6 Å². The van der Waals surface area contributed by atoms with Crippen molar-refractivity contribution in [1.29, 1.82) is 0 Å². The number of carbonyl (C=O) groups is 2. The fourth-order valence-corrected chi connectivity index (χ4v) is 2.09. The highest BCUT2D eigenvalue weighted by atomic mass is 16.1. The SMILES string of the molecule is C=C(C)C[C@]1(C)CCC(=O)CCC1=O. The number of carbonyl (C=O) groups excluding carboxylic acids is 2. The molecule has 1 saturated carbocycles. The predicted octanol–water partition coefficient (Wildman–Crippen LogP) is 2.67. The Balaban J connectivity index is 2.78. The van der Waals surface area contributed by atoms with E-state index in [-0.39, 0.29) is 17.0 Å². The molecule has 1 aliphatic carbocycles. The van der Waals surface area contributed by atoms with Crippen LogP contribution in [0.4, 0.5) is 0 Å². The van der Waals surface area contributed by atoms with Crippen molar-refractivity contribution in [3.63, 3.8) is 0 Å². The molecule has 78 valence electrons. The van der Waals surface area contributed by atoms with Crippen LogP contribution < -0.4 is 0 Å². The van der Waals surface area contributed by atoms with Crippen molar-refractivity contribution in [2.75, 3.05) is 0 Å². The molecule has 0 heterocycles. The van der Waals surface area contributed by atoms with Crippen LogP contribution in [0.1, 0.15) is 46.0 Å². The molecule has 0 aliphatic heterocycles. The maximum Gasteiger partial charge on any atom is 0.139 e. The van der Waals surface area contributed by atoms with Crippen LogP contribution >= 0.6 is 0 Å². The molecule has 14 heavy (non-hydrogen) atoms. The predicted molar refractivity (Wildman–Crippen MR) is 56.0 cm³/mol. The summed E-state index contributed by atoms with van der Waals surface area (Å²) in [7, 11) is 0. The Morgan fingerprint density at radius 1 is 1.36 bits per heavy atom. The average molecular weight is 194 g/mol. The molecule has 0 amide bonds. The normalized spacial score (nSPS) is 28.7. The van der Waals surface area contributed by atoms with Gasteiger partial charge in [0.15, 0.2) is 0 Å². The first-order valence-corrected chi connectivity index (χ1v) is 5.13. The summed E-state index contributed by atoms with van der Waals surface area (Å²) in [4.78, 5) is 23.1. The molecule has 1 aliphatic rings. The summed E-state index contributed by atoms with van der Waals surface area (Å²) in [6.07, 6.45) is 2.82. The molecule has 1 fully saturated rings. The Morgan fingerprint density at radius 3 is 2.57 bits per heavy atom. The van der Waals surface area contributed by atoms with E-state index in [2.05, 4.69) is 6.58 Å². The van der Waals surface area contributed by atoms with Gasteiger partial charge in [-0.05, 0) is 19.8 Å². The van der Waals surface area contributed by atoms with Gasteiger partial charge in [0.1, 0.15) is 11.6 Å². The first-order valence-electron chi connectivity index (χ1n) is 5.13. The quantitative estimate of drug-likeness (QED) is 0.500. The zero-order valence-electron chi connectivity index (χ0n) is 9.06. The molecule has 0 aromatic heterocycles. The fraction of sp³-hybridized carbons (Fsp3) is 0.667. The van der Waals surface area contributed by atoms with Crippen molar-refractivity contribution < 1.29 is 9.59 Å². The van der Waals surface area contributed by atoms with Gasteiger partial charge in [-0.2, -0.15) is 0 Å². The van der Waals surface area contributed by atoms with Crippen molar-refractivity contribution in [3.05, 3.63) is 12.2 Å². The van der Waals surface area contributed by atoms with E-state index in [1.54, 1.807) is 0 Å². The minimum atomic E-state index is -0.335. The third-order valence-electron chi connectivity index (χ3n) is 2.95. The Morgan fingerprint density at radius 2 is 2.00 bits per heavy atom. The van der Waals surface area contributed by atoms with Crippen LogP contribution in [0.5, 0.6) is 0 Å². The number of allylic oxidation sites excluding steroid dienone is 1. The zero-order valence-corrected chi connectivity index (χ0v) is 9.06. The Kier molecular flexibility index (Phi) is 3.25. The Hall–Kier alpha value is -0.920. The van der Waals surface area contributed by atoms with Crippen molar-refractivity contribution in [3.8, 4) is 0 Å². The fourth-order valence-electron chi connectivity index (χ4n) is 2.09. The van der Waals surface area contributed by atoms with Gasteiger partial charge >= 0.3 is 0 Å². The van der Waals surface area contributed by atoms with Crippen LogP contribution in [0.2, 0.25) is 0 Å². The lowest BCUT2D eigenvalue weighted by Crippen LogP contribution is -2.26. The van der Waals surface area contributed by atoms with E-state index >= 15 is 0 Å². The molecule has 0 N–H and O–H groups in total. The standard InChI is InChI=1S/C12H18O2/c1-9(2)8-12(3)7-6-10(13)4-5-11(12)14/h1,4-8H2,2-3H3/t12-/m0/s1. The molecule has 0 unspecified atom stereocenters. The van der Waals surface area contributed by atoms with Crippen LogP contribution in [0, 0.1) is 5.41 Å². The van der Waals surface area contributed by atoms with Gasteiger partial charge in [0.2, 0.25) is 0 Å². The second kappa shape index (κ2) is 4.07. The van der Waals surface area contributed by atoms with Crippen molar-refractivity contribution in [2.24, 2.45) is 5.41 Å². The van der Waals surface area contributed by atoms with Gasteiger partial charge in [-0.1, -0.05) is 12.5 Å². The molecule has 1 atom stereocenters. The smallest absolute Gasteiger partial charge is 0.139 e. The van der Waals surface area contributed by atoms with Crippen LogP contribution in [0.15, 0.2) is 12.2 Å². The van der Waals surface area contributed by atoms with Gasteiger partial charge in [0.25, 0.3) is 0 Å². The van der Waals surface area contributed by atoms with Crippen LogP contribution in [-0.2, 0) is 9.59 Å². The summed E-state index contributed by atoms with van der Waals surface area (Å²) in [5.74, 6) is 0.454. The van der Waals surface area contributed by atoms with E-state index in [4.69, 9.17) is 0 Å². The van der Waals surface area contributed by atoms with E-state index in [0.29, 0.717) is 25.7 Å². The molecule has 0 aromatic carbocycles. The van der Waals surface area contributed by atoms with Gasteiger partial charge in [-0.25, -0.2) is 0 Å². The Bertz CT molecular complexity index is 278. The number of rotatable bonds is 2. The lowest BCUT2D eigenvalue weighted by molar-refractivity contribution is -0.128. The highest BCUT2D eigenvalue weighted by molar-refractivity contribution is 5.92. The molecule has 2 heteroatoms. The summed E-state index contributed by atoms with van der Waals surface area (Å²) in [6.45, 7) is 7.74. The van der Waals surface area contributed by atoms with Crippen LogP contribution in [0.25, 0.3) is 0 Å². The van der Waals surface area contributed by atoms with Gasteiger partial charge in [-0.3, -0.25) is 9.59 Å². The molecular weight excluding hydrogens is 176 g/mol. The number of hydrogen-bond acceptors (Lipinski definition) is 2. The van der Waals surface area contributed by atoms with Crippen molar-refractivity contribution in [2.45, 2.75) is 46.0 Å². The molecular formula is C12H18O2. The molecule has 0 spiro atoms.